The summed E-state index contributed by atoms with van der Waals surface area (Å²) >= 11 is 0. The number of anilines is 1. The van der Waals surface area contributed by atoms with E-state index >= 15 is 0 Å². The van der Waals surface area contributed by atoms with Gasteiger partial charge < -0.3 is 29.3 Å². The number of aryl methyl sites for hydroxylation is 1. The van der Waals surface area contributed by atoms with E-state index in [0.717, 1.165) is 67.2 Å². The highest BCUT2D eigenvalue weighted by Crippen LogP contribution is 2.30. The zero-order chi connectivity index (χ0) is 27.2. The molecule has 0 aliphatic carbocycles. The number of ether oxygens (including phenoxy) is 2. The van der Waals surface area contributed by atoms with Crippen LogP contribution in [0.25, 0.3) is 11.0 Å². The maximum absolute atomic E-state index is 13.2. The zero-order valence-corrected chi connectivity index (χ0v) is 21.9. The fourth-order valence-corrected chi connectivity index (χ4v) is 5.34. The van der Waals surface area contributed by atoms with Crippen molar-refractivity contribution in [1.29, 1.82) is 0 Å². The summed E-state index contributed by atoms with van der Waals surface area (Å²) in [5, 5.41) is 17.3. The molecule has 1 aromatic heterocycles. The Morgan fingerprint density at radius 2 is 1.90 bits per heavy atom. The van der Waals surface area contributed by atoms with Crippen LogP contribution in [0.1, 0.15) is 55.3 Å². The molecule has 0 radical (unpaired) electrons. The Bertz CT molecular complexity index is 1280. The van der Waals surface area contributed by atoms with E-state index in [9.17, 15) is 19.1 Å². The van der Waals surface area contributed by atoms with Crippen LogP contribution in [0.4, 0.5) is 14.9 Å². The molecule has 2 N–H and O–H groups in total. The van der Waals surface area contributed by atoms with E-state index in [1.54, 1.807) is 0 Å². The van der Waals surface area contributed by atoms with E-state index in [0.29, 0.717) is 36.9 Å². The number of piperidine rings is 1. The third-order valence-electron chi connectivity index (χ3n) is 7.62. The fourth-order valence-electron chi connectivity index (χ4n) is 5.34. The van der Waals surface area contributed by atoms with Gasteiger partial charge in [0.1, 0.15) is 5.82 Å². The summed E-state index contributed by atoms with van der Waals surface area (Å²) in [6.07, 6.45) is 5.13. The van der Waals surface area contributed by atoms with Gasteiger partial charge in [-0.3, -0.25) is 4.79 Å². The molecule has 2 aromatic carbocycles. The molecule has 2 aliphatic heterocycles. The first-order valence-corrected chi connectivity index (χ1v) is 13.6. The molecule has 2 amide bonds. The van der Waals surface area contributed by atoms with Crippen molar-refractivity contribution in [2.75, 3.05) is 25.0 Å². The van der Waals surface area contributed by atoms with Gasteiger partial charge in [-0.2, -0.15) is 0 Å². The topological polar surface area (TPSA) is 114 Å². The monoisotopic (exact) mass is 539 g/mol. The molecule has 3 aromatic rings. The predicted octanol–water partition coefficient (Wildman–Crippen LogP) is 5.51. The number of halogens is 1. The maximum Gasteiger partial charge on any atom is 0.407 e. The summed E-state index contributed by atoms with van der Waals surface area (Å²) in [5.41, 5.74) is 3.51. The minimum Gasteiger partial charge on any atom is -0.465 e. The molecular weight excluding hydrogens is 505 g/mol. The second-order valence-electron chi connectivity index (χ2n) is 10.3. The summed E-state index contributed by atoms with van der Waals surface area (Å²) in [4.78, 5) is 25.5. The van der Waals surface area contributed by atoms with Gasteiger partial charge in [0.25, 0.3) is 0 Å². The first-order valence-electron chi connectivity index (χ1n) is 13.6. The highest BCUT2D eigenvalue weighted by Gasteiger charge is 2.24. The summed E-state index contributed by atoms with van der Waals surface area (Å²) in [5.74, 6) is -0.161. The number of rotatable bonds is 9. The Balaban J connectivity index is 1.30. The van der Waals surface area contributed by atoms with E-state index in [2.05, 4.69) is 10.5 Å². The number of benzene rings is 2. The maximum atomic E-state index is 13.2. The molecular formula is C29H34FN3O6. The molecule has 3 heterocycles. The van der Waals surface area contributed by atoms with Gasteiger partial charge in [-0.15, -0.1) is 0 Å². The van der Waals surface area contributed by atoms with Crippen LogP contribution in [-0.2, 0) is 33.7 Å². The van der Waals surface area contributed by atoms with E-state index < -0.39 is 6.09 Å². The van der Waals surface area contributed by atoms with E-state index in [1.165, 1.54) is 29.2 Å². The molecule has 1 atom stereocenters. The number of fused-ring (bicyclic) bond motifs is 1. The molecule has 0 spiro atoms. The smallest absolute Gasteiger partial charge is 0.407 e. The van der Waals surface area contributed by atoms with Gasteiger partial charge in [-0.25, -0.2) is 9.18 Å². The summed E-state index contributed by atoms with van der Waals surface area (Å²) in [6, 6.07) is 9.51. The number of aromatic nitrogens is 1. The average Bonchev–Trinajstić information content (AvgIpc) is 3.36. The molecule has 2 saturated heterocycles. The Morgan fingerprint density at radius 1 is 1.10 bits per heavy atom. The predicted molar refractivity (Wildman–Crippen MR) is 142 cm³/mol. The van der Waals surface area contributed by atoms with Gasteiger partial charge in [0.15, 0.2) is 11.9 Å². The number of carbonyl (C=O) groups is 2. The lowest BCUT2D eigenvalue weighted by Gasteiger charge is -2.29. The molecule has 2 aliphatic rings. The zero-order valence-electron chi connectivity index (χ0n) is 21.9. The van der Waals surface area contributed by atoms with E-state index in [-0.39, 0.29) is 31.0 Å². The van der Waals surface area contributed by atoms with Gasteiger partial charge in [0, 0.05) is 36.3 Å². The molecule has 208 valence electrons. The minimum absolute atomic E-state index is 0.0930. The molecule has 2 fully saturated rings. The SMILES string of the molecule is O=C(Cc1ccc2c(CCC3CCN(C(=O)O)CC3)noc2c1COC1CCCCO1)Nc1ccc(F)cc1. The van der Waals surface area contributed by atoms with Crippen molar-refractivity contribution < 1.29 is 33.1 Å². The van der Waals surface area contributed by atoms with Crippen molar-refractivity contribution in [3.05, 3.63) is 59.0 Å². The van der Waals surface area contributed by atoms with Gasteiger partial charge in [0.05, 0.1) is 18.7 Å². The number of hydrogen-bond donors (Lipinski definition) is 2. The summed E-state index contributed by atoms with van der Waals surface area (Å²) in [7, 11) is 0. The quantitative estimate of drug-likeness (QED) is 0.368. The van der Waals surface area contributed by atoms with Gasteiger partial charge >= 0.3 is 6.09 Å². The van der Waals surface area contributed by atoms with Crippen molar-refractivity contribution in [3.63, 3.8) is 0 Å². The van der Waals surface area contributed by atoms with E-state index in [1.807, 2.05) is 12.1 Å². The number of likely N-dealkylation sites (tertiary alicyclic amines) is 1. The second-order valence-corrected chi connectivity index (χ2v) is 10.3. The van der Waals surface area contributed by atoms with Crippen LogP contribution < -0.4 is 5.32 Å². The van der Waals surface area contributed by atoms with Crippen molar-refractivity contribution in [2.24, 2.45) is 5.92 Å². The van der Waals surface area contributed by atoms with Gasteiger partial charge in [-0.1, -0.05) is 11.2 Å². The molecule has 10 heteroatoms. The first kappa shape index (κ1) is 27.1. The summed E-state index contributed by atoms with van der Waals surface area (Å²) < 4.78 is 30.9. The molecule has 39 heavy (non-hydrogen) atoms. The molecule has 0 bridgehead atoms. The molecule has 9 nitrogen and oxygen atoms in total. The number of amides is 2. The fraction of sp³-hybridized carbons (Fsp3) is 0.483. The van der Waals surface area contributed by atoms with Crippen molar-refractivity contribution in [3.8, 4) is 0 Å². The third-order valence-corrected chi connectivity index (χ3v) is 7.62. The molecule has 1 unspecified atom stereocenters. The van der Waals surface area contributed by atoms with Crippen molar-refractivity contribution in [1.82, 2.24) is 10.1 Å². The number of carboxylic acid groups (broad SMARTS) is 1. The van der Waals surface area contributed by atoms with E-state index in [4.69, 9.17) is 14.0 Å². The first-order chi connectivity index (χ1) is 19.0. The third kappa shape index (κ3) is 6.93. The Kier molecular flexibility index (Phi) is 8.73. The lowest BCUT2D eigenvalue weighted by molar-refractivity contribution is -0.168. The van der Waals surface area contributed by atoms with Crippen LogP contribution in [0.15, 0.2) is 40.9 Å². The number of carbonyl (C=O) groups excluding carboxylic acids is 1. The van der Waals surface area contributed by atoms with Crippen molar-refractivity contribution in [2.45, 2.75) is 64.3 Å². The molecule has 0 saturated carbocycles. The largest absolute Gasteiger partial charge is 0.465 e. The summed E-state index contributed by atoms with van der Waals surface area (Å²) in [6.45, 7) is 2.02. The van der Waals surface area contributed by atoms with Crippen molar-refractivity contribution >= 4 is 28.7 Å². The number of hydrogen-bond acceptors (Lipinski definition) is 6. The van der Waals surface area contributed by atoms with Crippen LogP contribution in [-0.4, -0.2) is 53.1 Å². The van der Waals surface area contributed by atoms with Crippen LogP contribution in [0, 0.1) is 11.7 Å². The normalized spacial score (nSPS) is 18.4. The van der Waals surface area contributed by atoms with Crippen LogP contribution >= 0.6 is 0 Å². The molecule has 5 rings (SSSR count). The lowest BCUT2D eigenvalue weighted by Crippen LogP contribution is -2.37. The Hall–Kier alpha value is -3.50. The van der Waals surface area contributed by atoms with Gasteiger partial charge in [0.2, 0.25) is 5.91 Å². The van der Waals surface area contributed by atoms with Crippen LogP contribution in [0.2, 0.25) is 0 Å². The van der Waals surface area contributed by atoms with Crippen LogP contribution in [0.5, 0.6) is 0 Å². The van der Waals surface area contributed by atoms with Gasteiger partial charge in [-0.05, 0) is 86.8 Å². The Labute approximate surface area is 226 Å². The highest BCUT2D eigenvalue weighted by molar-refractivity contribution is 5.93. The van der Waals surface area contributed by atoms with Crippen LogP contribution in [0.3, 0.4) is 0 Å². The number of nitrogens with one attached hydrogen (secondary N) is 1. The highest BCUT2D eigenvalue weighted by atomic mass is 19.1. The second kappa shape index (κ2) is 12.6. The Morgan fingerprint density at radius 3 is 2.62 bits per heavy atom. The number of nitrogens with zero attached hydrogens (tertiary/aromatic N) is 2. The lowest BCUT2D eigenvalue weighted by atomic mass is 9.91. The standard InChI is InChI=1S/C29H34FN3O6/c30-21-6-8-22(9-7-21)31-26(34)17-20-5-10-23-25(11-4-19-12-14-33(15-13-19)29(35)36)32-39-28(23)24(20)18-38-27-3-1-2-16-37-27/h5-10,19,27H,1-4,11-18H2,(H,31,34)(H,35,36). The average molecular weight is 540 g/mol. The minimum atomic E-state index is -0.855.